The van der Waals surface area contributed by atoms with Crippen LogP contribution in [0, 0.1) is 6.92 Å². The second kappa shape index (κ2) is 9.21. The Balaban J connectivity index is 1.46. The molecule has 0 spiro atoms. The number of fused-ring (bicyclic) bond motifs is 2. The van der Waals surface area contributed by atoms with E-state index in [1.807, 2.05) is 67.6 Å². The fraction of sp³-hybridized carbons (Fsp3) is 0.367. The maximum atomic E-state index is 14.4. The van der Waals surface area contributed by atoms with Gasteiger partial charge < -0.3 is 9.84 Å². The Hall–Kier alpha value is -3.32. The highest BCUT2D eigenvalue weighted by atomic mass is 19.4. The minimum absolute atomic E-state index is 0.0636. The van der Waals surface area contributed by atoms with E-state index in [2.05, 4.69) is 5.10 Å². The van der Waals surface area contributed by atoms with Gasteiger partial charge in [-0.1, -0.05) is 56.3 Å². The number of alkyl halides is 3. The van der Waals surface area contributed by atoms with Crippen LogP contribution in [0.5, 0.6) is 5.75 Å². The van der Waals surface area contributed by atoms with Crippen molar-refractivity contribution in [3.05, 3.63) is 89.1 Å². The molecule has 37 heavy (non-hydrogen) atoms. The molecule has 1 aromatic heterocycles. The zero-order valence-electron chi connectivity index (χ0n) is 21.3. The lowest BCUT2D eigenvalue weighted by Gasteiger charge is -2.38. The molecule has 4 nitrogen and oxygen atoms in total. The molecule has 194 valence electrons. The lowest BCUT2D eigenvalue weighted by atomic mass is 9.72. The van der Waals surface area contributed by atoms with Crippen molar-refractivity contribution in [1.82, 2.24) is 9.78 Å². The zero-order valence-corrected chi connectivity index (χ0v) is 21.3. The molecule has 0 bridgehead atoms. The summed E-state index contributed by atoms with van der Waals surface area (Å²) < 4.78 is 50.9. The molecule has 1 aliphatic rings. The van der Waals surface area contributed by atoms with Crippen LogP contribution in [0.3, 0.4) is 0 Å². The number of halogens is 3. The van der Waals surface area contributed by atoms with Crippen molar-refractivity contribution in [3.63, 3.8) is 0 Å². The fourth-order valence-electron chi connectivity index (χ4n) is 5.58. The molecule has 0 radical (unpaired) electrons. The minimum atomic E-state index is -4.79. The lowest BCUT2D eigenvalue weighted by Crippen LogP contribution is -2.49. The van der Waals surface area contributed by atoms with Gasteiger partial charge >= 0.3 is 6.18 Å². The molecule has 5 rings (SSSR count). The van der Waals surface area contributed by atoms with Gasteiger partial charge in [0.15, 0.2) is 5.60 Å². The molecule has 1 N–H and O–H groups in total. The first kappa shape index (κ1) is 25.3. The highest BCUT2D eigenvalue weighted by molar-refractivity contribution is 5.84. The Kier molecular flexibility index (Phi) is 6.31. The van der Waals surface area contributed by atoms with E-state index >= 15 is 0 Å². The highest BCUT2D eigenvalue weighted by Gasteiger charge is 2.55. The van der Waals surface area contributed by atoms with Crippen molar-refractivity contribution in [2.45, 2.75) is 63.6 Å². The summed E-state index contributed by atoms with van der Waals surface area (Å²) in [5.41, 5.74) is 1.23. The molecule has 0 saturated carbocycles. The van der Waals surface area contributed by atoms with Crippen LogP contribution in [0.25, 0.3) is 16.6 Å². The molecule has 1 atom stereocenters. The predicted octanol–water partition coefficient (Wildman–Crippen LogP) is 6.86. The van der Waals surface area contributed by atoms with Gasteiger partial charge in [0.2, 0.25) is 0 Å². The topological polar surface area (TPSA) is 47.3 Å². The maximum absolute atomic E-state index is 14.4. The van der Waals surface area contributed by atoms with Gasteiger partial charge in [-0.25, -0.2) is 4.68 Å². The van der Waals surface area contributed by atoms with Crippen LogP contribution in [-0.2, 0) is 18.3 Å². The third-order valence-corrected chi connectivity index (χ3v) is 7.43. The van der Waals surface area contributed by atoms with Crippen LogP contribution in [-0.4, -0.2) is 33.3 Å². The Morgan fingerprint density at radius 3 is 2.51 bits per heavy atom. The summed E-state index contributed by atoms with van der Waals surface area (Å²) in [7, 11) is 0. The van der Waals surface area contributed by atoms with E-state index in [9.17, 15) is 18.3 Å². The summed E-state index contributed by atoms with van der Waals surface area (Å²) in [5.74, 6) is 0.658. The number of aromatic nitrogens is 2. The molecule has 0 fully saturated rings. The molecule has 0 aliphatic carbocycles. The van der Waals surface area contributed by atoms with Crippen LogP contribution in [0.1, 0.15) is 48.9 Å². The van der Waals surface area contributed by atoms with E-state index in [1.54, 1.807) is 24.7 Å². The van der Waals surface area contributed by atoms with Crippen molar-refractivity contribution < 1.29 is 23.0 Å². The van der Waals surface area contributed by atoms with Gasteiger partial charge in [-0.15, -0.1) is 0 Å². The van der Waals surface area contributed by atoms with E-state index in [1.165, 1.54) is 0 Å². The zero-order chi connectivity index (χ0) is 26.4. The molecule has 3 aromatic carbocycles. The number of benzene rings is 3. The first-order chi connectivity index (χ1) is 17.5. The summed E-state index contributed by atoms with van der Waals surface area (Å²) in [6.07, 6.45) is -3.22. The second-order valence-corrected chi connectivity index (χ2v) is 10.7. The largest absolute Gasteiger partial charge is 0.493 e. The van der Waals surface area contributed by atoms with Gasteiger partial charge in [-0.3, -0.25) is 0 Å². The first-order valence-electron chi connectivity index (χ1n) is 12.6. The third kappa shape index (κ3) is 4.73. The van der Waals surface area contributed by atoms with E-state index in [-0.39, 0.29) is 6.42 Å². The first-order valence-corrected chi connectivity index (χ1v) is 12.6. The van der Waals surface area contributed by atoms with Crippen LogP contribution < -0.4 is 4.74 Å². The fourth-order valence-corrected chi connectivity index (χ4v) is 5.58. The normalized spacial score (nSPS) is 15.4. The van der Waals surface area contributed by atoms with Crippen LogP contribution in [0.15, 0.2) is 66.9 Å². The number of rotatable bonds is 7. The average Bonchev–Trinajstić information content (AvgIpc) is 3.49. The predicted molar refractivity (Wildman–Crippen MR) is 138 cm³/mol. The van der Waals surface area contributed by atoms with Gasteiger partial charge in [0.05, 0.1) is 24.0 Å². The summed E-state index contributed by atoms with van der Waals surface area (Å²) in [6, 6.07) is 19.1. The van der Waals surface area contributed by atoms with Crippen LogP contribution in [0.2, 0.25) is 0 Å². The molecule has 2 heterocycles. The van der Waals surface area contributed by atoms with Crippen LogP contribution in [0.4, 0.5) is 13.2 Å². The number of hydrogen-bond donors (Lipinski definition) is 1. The SMILES string of the molecule is Cc1cc(CC[C@](O)(CC(C)(C)c2cccc3c2OCC3)C(F)(F)F)c2cnn(-c3ccccc3)c2c1. The molecule has 0 amide bonds. The Labute approximate surface area is 214 Å². The number of ether oxygens (including phenoxy) is 1. The summed E-state index contributed by atoms with van der Waals surface area (Å²) in [4.78, 5) is 0. The van der Waals surface area contributed by atoms with Crippen molar-refractivity contribution in [2.24, 2.45) is 0 Å². The van der Waals surface area contributed by atoms with Crippen LogP contribution >= 0.6 is 0 Å². The van der Waals surface area contributed by atoms with Crippen molar-refractivity contribution in [1.29, 1.82) is 0 Å². The molecule has 4 aromatic rings. The Morgan fingerprint density at radius 1 is 1.03 bits per heavy atom. The molecule has 1 aliphatic heterocycles. The van der Waals surface area contributed by atoms with E-state index in [0.29, 0.717) is 17.9 Å². The summed E-state index contributed by atoms with van der Waals surface area (Å²) >= 11 is 0. The van der Waals surface area contributed by atoms with E-state index in [4.69, 9.17) is 4.74 Å². The van der Waals surface area contributed by atoms with Gasteiger partial charge in [0.25, 0.3) is 0 Å². The maximum Gasteiger partial charge on any atom is 0.417 e. The quantitative estimate of drug-likeness (QED) is 0.297. The number of aliphatic hydroxyl groups is 1. The van der Waals surface area contributed by atoms with Crippen molar-refractivity contribution in [3.8, 4) is 11.4 Å². The Bertz CT molecular complexity index is 1430. The number of aryl methyl sites for hydroxylation is 2. The monoisotopic (exact) mass is 508 g/mol. The van der Waals surface area contributed by atoms with Gasteiger partial charge in [0.1, 0.15) is 5.75 Å². The van der Waals surface area contributed by atoms with Crippen molar-refractivity contribution >= 4 is 10.9 Å². The van der Waals surface area contributed by atoms with Crippen molar-refractivity contribution in [2.75, 3.05) is 6.61 Å². The third-order valence-electron chi connectivity index (χ3n) is 7.43. The number of nitrogens with zero attached hydrogens (tertiary/aromatic N) is 2. The van der Waals surface area contributed by atoms with E-state index < -0.39 is 30.0 Å². The number of hydrogen-bond acceptors (Lipinski definition) is 3. The summed E-state index contributed by atoms with van der Waals surface area (Å²) in [6.45, 7) is 5.93. The van der Waals surface area contributed by atoms with Gasteiger partial charge in [-0.2, -0.15) is 18.3 Å². The standard InChI is InChI=1S/C30H31F3N2O2/c1-20-16-22(24-18-34-35(26(24)17-20)23-9-5-4-6-10-23)12-14-29(36,30(31,32)33)19-28(2,3)25-11-7-8-21-13-15-37-27(21)25/h4-11,16-18,36H,12-15,19H2,1-3H3/t29-/m0/s1. The lowest BCUT2D eigenvalue weighted by molar-refractivity contribution is -0.269. The molecular weight excluding hydrogens is 477 g/mol. The Morgan fingerprint density at radius 2 is 1.78 bits per heavy atom. The highest BCUT2D eigenvalue weighted by Crippen LogP contribution is 2.47. The molecule has 0 saturated heterocycles. The average molecular weight is 509 g/mol. The molecule has 7 heteroatoms. The van der Waals surface area contributed by atoms with E-state index in [0.717, 1.165) is 39.7 Å². The number of para-hydroxylation sites is 2. The summed E-state index contributed by atoms with van der Waals surface area (Å²) in [5, 5.41) is 16.5. The van der Waals surface area contributed by atoms with Gasteiger partial charge in [0, 0.05) is 17.4 Å². The smallest absolute Gasteiger partial charge is 0.417 e. The minimum Gasteiger partial charge on any atom is -0.493 e. The molecular formula is C30H31F3N2O2. The molecule has 0 unspecified atom stereocenters. The van der Waals surface area contributed by atoms with Gasteiger partial charge in [-0.05, 0) is 66.5 Å². The second-order valence-electron chi connectivity index (χ2n) is 10.7.